The molecule has 0 aliphatic heterocycles. The van der Waals surface area contributed by atoms with Crippen LogP contribution in [0.15, 0.2) is 54.2 Å². The van der Waals surface area contributed by atoms with Gasteiger partial charge in [-0.3, -0.25) is 9.98 Å². The fraction of sp³-hybridized carbons (Fsp3) is 0.176. The smallest absolute Gasteiger partial charge is 0.123 e. The molecule has 0 saturated carbocycles. The zero-order valence-electron chi connectivity index (χ0n) is 12.2. The summed E-state index contributed by atoms with van der Waals surface area (Å²) >= 11 is 0. The molecule has 1 aromatic heterocycles. The lowest BCUT2D eigenvalue weighted by molar-refractivity contribution is 0.629. The van der Waals surface area contributed by atoms with Gasteiger partial charge in [0.2, 0.25) is 0 Å². The van der Waals surface area contributed by atoms with E-state index in [-0.39, 0.29) is 11.9 Å². The van der Waals surface area contributed by atoms with Crippen molar-refractivity contribution in [1.29, 1.82) is 0 Å². The third kappa shape index (κ3) is 3.23. The second-order valence-electron chi connectivity index (χ2n) is 4.75. The van der Waals surface area contributed by atoms with Gasteiger partial charge in [-0.25, -0.2) is 4.39 Å². The molecular formula is C17H18FN3. The van der Waals surface area contributed by atoms with Gasteiger partial charge >= 0.3 is 0 Å². The summed E-state index contributed by atoms with van der Waals surface area (Å²) < 4.78 is 13.4. The maximum absolute atomic E-state index is 13.4. The summed E-state index contributed by atoms with van der Waals surface area (Å²) in [5.41, 5.74) is 8.88. The Morgan fingerprint density at radius 1 is 1.43 bits per heavy atom. The Morgan fingerprint density at radius 2 is 2.19 bits per heavy atom. The minimum Gasteiger partial charge on any atom is -0.323 e. The van der Waals surface area contributed by atoms with Gasteiger partial charge in [-0.15, -0.1) is 0 Å². The van der Waals surface area contributed by atoms with Crippen molar-refractivity contribution in [3.63, 3.8) is 0 Å². The van der Waals surface area contributed by atoms with Crippen LogP contribution in [0.1, 0.15) is 31.1 Å². The van der Waals surface area contributed by atoms with E-state index in [4.69, 9.17) is 5.73 Å². The number of halogens is 1. The number of pyridine rings is 1. The van der Waals surface area contributed by atoms with Crippen molar-refractivity contribution in [3.05, 3.63) is 66.3 Å². The maximum Gasteiger partial charge on any atom is 0.123 e. The van der Waals surface area contributed by atoms with Crippen LogP contribution in [-0.2, 0) is 0 Å². The lowest BCUT2D eigenvalue weighted by Gasteiger charge is -2.13. The number of hydrogen-bond donors (Lipinski definition) is 1. The number of benzene rings is 1. The van der Waals surface area contributed by atoms with E-state index in [1.807, 2.05) is 26.0 Å². The van der Waals surface area contributed by atoms with Gasteiger partial charge in [-0.05, 0) is 44.2 Å². The summed E-state index contributed by atoms with van der Waals surface area (Å²) in [6.45, 7) is 7.52. The lowest BCUT2D eigenvalue weighted by Crippen LogP contribution is -2.14. The number of fused-ring (bicyclic) bond motifs is 1. The summed E-state index contributed by atoms with van der Waals surface area (Å²) in [7, 11) is 0. The molecule has 1 unspecified atom stereocenters. The van der Waals surface area contributed by atoms with Crippen molar-refractivity contribution < 1.29 is 4.39 Å². The zero-order chi connectivity index (χ0) is 15.4. The SMILES string of the molecule is C=CC(=N/C=C\C)c1cc2cc(F)ccc2nc1C(C)N. The van der Waals surface area contributed by atoms with E-state index in [9.17, 15) is 4.39 Å². The van der Waals surface area contributed by atoms with Gasteiger partial charge in [-0.2, -0.15) is 0 Å². The fourth-order valence-electron chi connectivity index (χ4n) is 2.10. The summed E-state index contributed by atoms with van der Waals surface area (Å²) in [5, 5.41) is 0.712. The third-order valence-corrected chi connectivity index (χ3v) is 3.07. The molecule has 3 nitrogen and oxygen atoms in total. The number of allylic oxidation sites excluding steroid dienone is 2. The number of rotatable bonds is 4. The predicted octanol–water partition coefficient (Wildman–Crippen LogP) is 3.90. The van der Waals surface area contributed by atoms with Crippen LogP contribution in [-0.4, -0.2) is 10.7 Å². The summed E-state index contributed by atoms with van der Waals surface area (Å²) in [6.07, 6.45) is 5.15. The third-order valence-electron chi connectivity index (χ3n) is 3.07. The molecule has 0 amide bonds. The average Bonchev–Trinajstić information content (AvgIpc) is 2.46. The first-order chi connectivity index (χ1) is 10.1. The largest absolute Gasteiger partial charge is 0.323 e. The Hall–Kier alpha value is -2.33. The number of nitrogens with two attached hydrogens (primary N) is 1. The van der Waals surface area contributed by atoms with Crippen LogP contribution in [0.2, 0.25) is 0 Å². The molecule has 4 heteroatoms. The molecule has 0 radical (unpaired) electrons. The van der Waals surface area contributed by atoms with E-state index >= 15 is 0 Å². The second kappa shape index (κ2) is 6.41. The molecule has 0 aliphatic carbocycles. The van der Waals surface area contributed by atoms with Gasteiger partial charge in [-0.1, -0.05) is 12.7 Å². The number of hydrogen-bond acceptors (Lipinski definition) is 3. The van der Waals surface area contributed by atoms with E-state index in [0.29, 0.717) is 16.6 Å². The quantitative estimate of drug-likeness (QED) is 0.865. The monoisotopic (exact) mass is 283 g/mol. The molecule has 0 aliphatic rings. The first-order valence-corrected chi connectivity index (χ1v) is 6.74. The Balaban J connectivity index is 2.74. The van der Waals surface area contributed by atoms with Crippen molar-refractivity contribution >= 4 is 16.6 Å². The minimum atomic E-state index is -0.297. The molecule has 2 aromatic rings. The molecule has 1 atom stereocenters. The van der Waals surface area contributed by atoms with E-state index in [2.05, 4.69) is 16.6 Å². The molecule has 1 aromatic carbocycles. The highest BCUT2D eigenvalue weighted by Gasteiger charge is 2.14. The van der Waals surface area contributed by atoms with Crippen molar-refractivity contribution in [2.24, 2.45) is 10.7 Å². The van der Waals surface area contributed by atoms with Crippen molar-refractivity contribution in [2.75, 3.05) is 0 Å². The Morgan fingerprint density at radius 3 is 2.81 bits per heavy atom. The minimum absolute atomic E-state index is 0.259. The molecule has 1 heterocycles. The highest BCUT2D eigenvalue weighted by Crippen LogP contribution is 2.22. The average molecular weight is 283 g/mol. The van der Waals surface area contributed by atoms with Crippen LogP contribution in [0, 0.1) is 5.82 Å². The fourth-order valence-corrected chi connectivity index (χ4v) is 2.10. The Labute approximate surface area is 123 Å². The van der Waals surface area contributed by atoms with Gasteiger partial charge in [0.1, 0.15) is 5.82 Å². The Bertz CT molecular complexity index is 730. The molecule has 0 saturated heterocycles. The Kier molecular flexibility index (Phi) is 4.60. The molecule has 2 N–H and O–H groups in total. The van der Waals surface area contributed by atoms with E-state index in [1.165, 1.54) is 12.1 Å². The molecule has 2 rings (SSSR count). The highest BCUT2D eigenvalue weighted by atomic mass is 19.1. The van der Waals surface area contributed by atoms with Crippen LogP contribution in [0.3, 0.4) is 0 Å². The van der Waals surface area contributed by atoms with Crippen molar-refractivity contribution in [2.45, 2.75) is 19.9 Å². The number of nitrogens with zero attached hydrogens (tertiary/aromatic N) is 2. The van der Waals surface area contributed by atoms with Gasteiger partial charge in [0.15, 0.2) is 0 Å². The van der Waals surface area contributed by atoms with Crippen LogP contribution in [0.4, 0.5) is 4.39 Å². The van der Waals surface area contributed by atoms with Crippen LogP contribution < -0.4 is 5.73 Å². The van der Waals surface area contributed by atoms with Crippen molar-refractivity contribution in [3.8, 4) is 0 Å². The normalized spacial score (nSPS) is 13.8. The van der Waals surface area contributed by atoms with Gasteiger partial charge in [0, 0.05) is 23.2 Å². The van der Waals surface area contributed by atoms with Crippen molar-refractivity contribution in [1.82, 2.24) is 4.98 Å². The van der Waals surface area contributed by atoms with Crippen LogP contribution >= 0.6 is 0 Å². The number of aliphatic imine (C=N–C) groups is 1. The van der Waals surface area contributed by atoms with E-state index in [0.717, 1.165) is 11.3 Å². The molecule has 0 fully saturated rings. The molecule has 108 valence electrons. The highest BCUT2D eigenvalue weighted by molar-refractivity contribution is 6.11. The molecule has 0 bridgehead atoms. The van der Waals surface area contributed by atoms with Crippen LogP contribution in [0.25, 0.3) is 10.9 Å². The van der Waals surface area contributed by atoms with Gasteiger partial charge < -0.3 is 5.73 Å². The first kappa shape index (κ1) is 15.1. The second-order valence-corrected chi connectivity index (χ2v) is 4.75. The molecule has 0 spiro atoms. The predicted molar refractivity (Wildman–Crippen MR) is 85.9 cm³/mol. The summed E-state index contributed by atoms with van der Waals surface area (Å²) in [6, 6.07) is 6.09. The van der Waals surface area contributed by atoms with Crippen LogP contribution in [0.5, 0.6) is 0 Å². The summed E-state index contributed by atoms with van der Waals surface area (Å²) in [4.78, 5) is 8.88. The van der Waals surface area contributed by atoms with Gasteiger partial charge in [0.05, 0.1) is 16.9 Å². The van der Waals surface area contributed by atoms with E-state index in [1.54, 1.807) is 18.3 Å². The zero-order valence-corrected chi connectivity index (χ0v) is 12.2. The van der Waals surface area contributed by atoms with E-state index < -0.39 is 0 Å². The molecular weight excluding hydrogens is 265 g/mol. The van der Waals surface area contributed by atoms with Gasteiger partial charge in [0.25, 0.3) is 0 Å². The first-order valence-electron chi connectivity index (χ1n) is 6.74. The maximum atomic E-state index is 13.4. The number of aromatic nitrogens is 1. The topological polar surface area (TPSA) is 51.3 Å². The standard InChI is InChI=1S/C17H18FN3/c1-4-8-20-15(5-2)14-10-12-9-13(18)6-7-16(12)21-17(14)11(3)19/h4-11H,2,19H2,1,3H3/b8-4-,20-15?. The summed E-state index contributed by atoms with van der Waals surface area (Å²) in [5.74, 6) is -0.297. The molecule has 21 heavy (non-hydrogen) atoms. The lowest BCUT2D eigenvalue weighted by atomic mass is 10.0.